The molecule has 0 amide bonds. The van der Waals surface area contributed by atoms with Gasteiger partial charge in [0.25, 0.3) is 0 Å². The van der Waals surface area contributed by atoms with Crippen LogP contribution in [0.3, 0.4) is 0 Å². The van der Waals surface area contributed by atoms with Gasteiger partial charge >= 0.3 is 112 Å². The van der Waals surface area contributed by atoms with Gasteiger partial charge in [-0.1, -0.05) is 87.8 Å². The van der Waals surface area contributed by atoms with E-state index in [1.165, 1.54) is 102 Å². The molecule has 6 rings (SSSR count). The number of aryl methyl sites for hydroxylation is 3. The van der Waals surface area contributed by atoms with Crippen LogP contribution in [0, 0.1) is 19.9 Å². The van der Waals surface area contributed by atoms with Crippen molar-refractivity contribution >= 4 is 3.21 Å². The molecule has 5 aromatic carbocycles. The van der Waals surface area contributed by atoms with E-state index in [4.69, 9.17) is 0 Å². The van der Waals surface area contributed by atoms with Crippen molar-refractivity contribution in [1.29, 1.82) is 0 Å². The summed E-state index contributed by atoms with van der Waals surface area (Å²) < 4.78 is 1.42. The summed E-state index contributed by atoms with van der Waals surface area (Å²) in [6.45, 7) is 13.3. The van der Waals surface area contributed by atoms with Crippen LogP contribution < -0.4 is 24.8 Å². The summed E-state index contributed by atoms with van der Waals surface area (Å²) in [6, 6.07) is 42.5. The number of unbranched alkanes of at least 4 members (excludes halogenated alkanes) is 1. The van der Waals surface area contributed by atoms with Crippen LogP contribution in [0.15, 0.2) is 109 Å². The molecule has 0 saturated carbocycles. The van der Waals surface area contributed by atoms with E-state index in [2.05, 4.69) is 151 Å². The quantitative estimate of drug-likeness (QED) is 0.233. The minimum atomic E-state index is 0. The number of hydrogen-bond donors (Lipinski definition) is 0. The van der Waals surface area contributed by atoms with Gasteiger partial charge in [0.05, 0.1) is 0 Å². The van der Waals surface area contributed by atoms with Gasteiger partial charge < -0.3 is 24.8 Å². The Balaban J connectivity index is 0.000000227. The third-order valence-electron chi connectivity index (χ3n) is 7.80. The molecule has 0 saturated heterocycles. The molecule has 0 fully saturated rings. The molecule has 0 aliphatic heterocycles. The van der Waals surface area contributed by atoms with Gasteiger partial charge in [-0.05, 0) is 6.42 Å². The maximum absolute atomic E-state index is 3.30. The van der Waals surface area contributed by atoms with E-state index in [1.54, 1.807) is 0 Å². The molecule has 228 valence electrons. The number of rotatable bonds is 5. The Labute approximate surface area is 293 Å². The summed E-state index contributed by atoms with van der Waals surface area (Å²) >= 11 is 1.46. The van der Waals surface area contributed by atoms with E-state index in [1.807, 2.05) is 6.07 Å². The predicted octanol–water partition coefficient (Wildman–Crippen LogP) is 4.53. The van der Waals surface area contributed by atoms with E-state index in [0.29, 0.717) is 5.41 Å². The smallest absolute Gasteiger partial charge is 0.0253 e. The Kier molecular flexibility index (Phi) is 15.4. The van der Waals surface area contributed by atoms with Crippen LogP contribution in [0.2, 0.25) is 0 Å². The summed E-state index contributed by atoms with van der Waals surface area (Å²) in [4.78, 5) is 0. The predicted molar refractivity (Wildman–Crippen MR) is 178 cm³/mol. The SMILES string of the molecule is CCCCc1cc(C(C)(C)C)c[cH-]1.Cc1ccc([C](=[Zr+2])c2ccc(C)cc2)cc1.[Cl-].[Cl-].[c-]1cccc2c1Cc1ccccc1-2. The minimum Gasteiger partial charge on any atom is -1.00 e. The molecule has 1 aliphatic rings. The molecule has 0 bridgehead atoms. The molecule has 0 atom stereocenters. The Morgan fingerprint density at radius 3 is 1.91 bits per heavy atom. The first-order chi connectivity index (χ1) is 20.2. The van der Waals surface area contributed by atoms with Gasteiger partial charge in [-0.3, -0.25) is 0 Å². The van der Waals surface area contributed by atoms with Gasteiger partial charge in [-0.2, -0.15) is 53.1 Å². The molecule has 1 aliphatic carbocycles. The number of benzene rings is 4. The Hall–Kier alpha value is -2.44. The topological polar surface area (TPSA) is 0 Å². The molecule has 0 unspecified atom stereocenters. The van der Waals surface area contributed by atoms with Crippen LogP contribution in [-0.4, -0.2) is 3.21 Å². The number of fused-ring (bicyclic) bond motifs is 3. The summed E-state index contributed by atoms with van der Waals surface area (Å²) in [6.07, 6.45) is 4.89. The van der Waals surface area contributed by atoms with E-state index in [-0.39, 0.29) is 24.8 Å². The van der Waals surface area contributed by atoms with Gasteiger partial charge in [0.1, 0.15) is 0 Å². The molecule has 0 N–H and O–H groups in total. The van der Waals surface area contributed by atoms with Crippen molar-refractivity contribution in [2.24, 2.45) is 0 Å². The largest absolute Gasteiger partial charge is 1.00 e. The zero-order valence-corrected chi connectivity index (χ0v) is 30.9. The standard InChI is InChI=1S/C15H14.C13H9.C13H21.2ClH.Zr/c1-12-3-7-14(8-4-12)11-15-9-5-13(2)6-10-15;1-3-7-12-10(5-1)9-11-6-2-4-8-13(11)12;1-5-6-7-11-8-9-12(10-11)13(2,3)4;;;/h3-10H,1-2H3;1-5,7-8H,9H2;8-10H,5-7H2,1-4H3;2*1H;/q;2*-1;;;+2/p-2. The maximum atomic E-state index is 3.30. The molecule has 5 aromatic rings. The molecule has 0 aromatic heterocycles. The minimum absolute atomic E-state index is 0. The summed E-state index contributed by atoms with van der Waals surface area (Å²) in [5, 5.41) is 0. The molecular formula is C41H44Cl2Zr-2. The van der Waals surface area contributed by atoms with Crippen LogP contribution in [-0.2, 0) is 42.5 Å². The average molecular weight is 699 g/mol. The fraction of sp³-hybridized carbons (Fsp3) is 0.268. The van der Waals surface area contributed by atoms with Crippen LogP contribution in [0.4, 0.5) is 0 Å². The average Bonchev–Trinajstić information content (AvgIpc) is 3.63. The second-order valence-corrected chi connectivity index (χ2v) is 13.6. The Morgan fingerprint density at radius 1 is 0.795 bits per heavy atom. The van der Waals surface area contributed by atoms with Crippen molar-refractivity contribution in [3.05, 3.63) is 160 Å². The van der Waals surface area contributed by atoms with Crippen LogP contribution in [0.1, 0.15) is 85.0 Å². The van der Waals surface area contributed by atoms with Crippen molar-refractivity contribution in [1.82, 2.24) is 0 Å². The second kappa shape index (κ2) is 17.9. The van der Waals surface area contributed by atoms with Gasteiger partial charge in [0, 0.05) is 0 Å². The first kappa shape index (κ1) is 37.7. The zero-order chi connectivity index (χ0) is 30.1. The van der Waals surface area contributed by atoms with Crippen molar-refractivity contribution in [3.63, 3.8) is 0 Å². The summed E-state index contributed by atoms with van der Waals surface area (Å²) in [5.74, 6) is 0. The summed E-state index contributed by atoms with van der Waals surface area (Å²) in [7, 11) is 0. The third kappa shape index (κ3) is 10.6. The number of halogens is 2. The van der Waals surface area contributed by atoms with Crippen molar-refractivity contribution < 1.29 is 49.0 Å². The van der Waals surface area contributed by atoms with Crippen molar-refractivity contribution in [2.75, 3.05) is 0 Å². The number of hydrogen-bond acceptors (Lipinski definition) is 0. The van der Waals surface area contributed by atoms with Gasteiger partial charge in [0.2, 0.25) is 0 Å². The van der Waals surface area contributed by atoms with Gasteiger partial charge in [-0.15, -0.1) is 5.56 Å². The first-order valence-electron chi connectivity index (χ1n) is 15.2. The molecule has 0 nitrogen and oxygen atoms in total. The second-order valence-electron chi connectivity index (χ2n) is 12.4. The maximum Gasteiger partial charge on any atom is -0.0253 e. The van der Waals surface area contributed by atoms with Crippen molar-refractivity contribution in [2.45, 2.75) is 72.6 Å². The van der Waals surface area contributed by atoms with Gasteiger partial charge in [0.15, 0.2) is 0 Å². The molecule has 44 heavy (non-hydrogen) atoms. The van der Waals surface area contributed by atoms with E-state index < -0.39 is 0 Å². The van der Waals surface area contributed by atoms with E-state index >= 15 is 0 Å². The Morgan fingerprint density at radius 2 is 1.36 bits per heavy atom. The fourth-order valence-corrected chi connectivity index (χ4v) is 5.92. The molecule has 0 radical (unpaired) electrons. The molecule has 0 spiro atoms. The van der Waals surface area contributed by atoms with E-state index in [0.717, 1.165) is 6.42 Å². The molecule has 0 heterocycles. The third-order valence-corrected chi connectivity index (χ3v) is 9.22. The Bertz CT molecular complexity index is 1490. The molecule has 3 heteroatoms. The normalized spacial score (nSPS) is 10.9. The first-order valence-corrected chi connectivity index (χ1v) is 16.4. The zero-order valence-electron chi connectivity index (χ0n) is 27.0. The van der Waals surface area contributed by atoms with E-state index in [9.17, 15) is 0 Å². The van der Waals surface area contributed by atoms with Crippen molar-refractivity contribution in [3.8, 4) is 11.1 Å². The monoisotopic (exact) mass is 696 g/mol. The fourth-order valence-electron chi connectivity index (χ4n) is 5.10. The van der Waals surface area contributed by atoms with Crippen LogP contribution in [0.5, 0.6) is 0 Å². The van der Waals surface area contributed by atoms with Gasteiger partial charge in [-0.25, -0.2) is 6.07 Å². The van der Waals surface area contributed by atoms with Crippen LogP contribution >= 0.6 is 0 Å². The summed E-state index contributed by atoms with van der Waals surface area (Å²) in [5.41, 5.74) is 14.1. The van der Waals surface area contributed by atoms with Crippen LogP contribution in [0.25, 0.3) is 11.1 Å². The molecular weight excluding hydrogens is 655 g/mol.